The van der Waals surface area contributed by atoms with Gasteiger partial charge in [-0.15, -0.1) is 0 Å². The second kappa shape index (κ2) is 10.3. The molecule has 2 aromatic rings. The summed E-state index contributed by atoms with van der Waals surface area (Å²) in [5, 5.41) is 0. The van der Waals surface area contributed by atoms with E-state index in [9.17, 15) is 14.4 Å². The predicted octanol–water partition coefficient (Wildman–Crippen LogP) is 5.15. The molecular weight excluding hydrogens is 432 g/mol. The van der Waals surface area contributed by atoms with Crippen molar-refractivity contribution in [3.05, 3.63) is 84.0 Å². The highest BCUT2D eigenvalue weighted by Crippen LogP contribution is 2.36. The number of carbonyl (C=O) groups excluding carboxylic acids is 3. The number of hydrogen-bond donors (Lipinski definition) is 0. The second-order valence-corrected chi connectivity index (χ2v) is 8.64. The van der Waals surface area contributed by atoms with Gasteiger partial charge < -0.3 is 14.2 Å². The number of rotatable bonds is 8. The van der Waals surface area contributed by atoms with Gasteiger partial charge in [-0.25, -0.2) is 14.4 Å². The van der Waals surface area contributed by atoms with Gasteiger partial charge in [0, 0.05) is 22.6 Å². The first-order chi connectivity index (χ1) is 16.0. The Morgan fingerprint density at radius 1 is 0.735 bits per heavy atom. The van der Waals surface area contributed by atoms with Gasteiger partial charge in [-0.05, 0) is 68.0 Å². The van der Waals surface area contributed by atoms with Crippen molar-refractivity contribution in [1.29, 1.82) is 0 Å². The maximum absolute atomic E-state index is 12.2. The van der Waals surface area contributed by atoms with Crippen LogP contribution in [0.3, 0.4) is 0 Å². The van der Waals surface area contributed by atoms with Crippen molar-refractivity contribution in [2.45, 2.75) is 33.6 Å². The summed E-state index contributed by atoms with van der Waals surface area (Å²) < 4.78 is 16.1. The number of benzene rings is 2. The second-order valence-electron chi connectivity index (χ2n) is 8.64. The lowest BCUT2D eigenvalue weighted by Crippen LogP contribution is -2.14. The monoisotopic (exact) mass is 460 g/mol. The van der Waals surface area contributed by atoms with Gasteiger partial charge >= 0.3 is 17.9 Å². The normalized spacial score (nSPS) is 14.0. The lowest BCUT2D eigenvalue weighted by atomic mass is 10.00. The first kappa shape index (κ1) is 24.7. The van der Waals surface area contributed by atoms with Crippen LogP contribution in [0.25, 0.3) is 11.1 Å². The molecule has 6 heteroatoms. The quantitative estimate of drug-likeness (QED) is 0.308. The van der Waals surface area contributed by atoms with E-state index in [1.54, 1.807) is 25.1 Å². The van der Waals surface area contributed by atoms with Crippen molar-refractivity contribution < 1.29 is 28.6 Å². The van der Waals surface area contributed by atoms with Gasteiger partial charge in [-0.2, -0.15) is 0 Å². The smallest absolute Gasteiger partial charge is 0.338 e. The maximum atomic E-state index is 12.2. The summed E-state index contributed by atoms with van der Waals surface area (Å²) in [5.41, 5.74) is 4.93. The first-order valence-corrected chi connectivity index (χ1v) is 10.9. The summed E-state index contributed by atoms with van der Waals surface area (Å²) in [4.78, 5) is 35.9. The topological polar surface area (TPSA) is 78.9 Å². The minimum atomic E-state index is -0.620. The van der Waals surface area contributed by atoms with Crippen LogP contribution in [0.2, 0.25) is 0 Å². The van der Waals surface area contributed by atoms with E-state index >= 15 is 0 Å². The standard InChI is InChI=1S/C28H28O6/c1-16(2)26(29)32-15-19-11-20-7-8-21(13-23(20)12-19)22-9-10-24(33-27(30)17(3)4)25(14-22)34-28(31)18(5)6/h7-10,13-14,19H,1,3,5,11-12,15H2,2,4,6H3. The molecule has 34 heavy (non-hydrogen) atoms. The number of ether oxygens (including phenoxy) is 3. The molecule has 1 unspecified atom stereocenters. The Morgan fingerprint density at radius 3 is 1.88 bits per heavy atom. The Morgan fingerprint density at radius 2 is 1.26 bits per heavy atom. The van der Waals surface area contributed by atoms with Crippen LogP contribution in [0.1, 0.15) is 31.9 Å². The molecule has 2 aromatic carbocycles. The Kier molecular flexibility index (Phi) is 7.51. The van der Waals surface area contributed by atoms with Gasteiger partial charge in [0.05, 0.1) is 6.61 Å². The van der Waals surface area contributed by atoms with Crippen LogP contribution in [0, 0.1) is 5.92 Å². The molecule has 0 radical (unpaired) electrons. The molecule has 1 aliphatic carbocycles. The fourth-order valence-corrected chi connectivity index (χ4v) is 3.55. The van der Waals surface area contributed by atoms with Gasteiger partial charge in [-0.1, -0.05) is 44.0 Å². The van der Waals surface area contributed by atoms with E-state index in [0.717, 1.165) is 24.0 Å². The van der Waals surface area contributed by atoms with E-state index in [1.165, 1.54) is 25.0 Å². The predicted molar refractivity (Wildman–Crippen MR) is 129 cm³/mol. The first-order valence-electron chi connectivity index (χ1n) is 10.9. The zero-order valence-corrected chi connectivity index (χ0v) is 19.7. The third kappa shape index (κ3) is 5.90. The largest absolute Gasteiger partial charge is 0.462 e. The molecule has 3 rings (SSSR count). The van der Waals surface area contributed by atoms with Crippen molar-refractivity contribution in [2.24, 2.45) is 5.92 Å². The van der Waals surface area contributed by atoms with E-state index in [4.69, 9.17) is 14.2 Å². The van der Waals surface area contributed by atoms with Gasteiger partial charge in [-0.3, -0.25) is 0 Å². The molecule has 0 bridgehead atoms. The summed E-state index contributed by atoms with van der Waals surface area (Å²) in [6.07, 6.45) is 1.62. The van der Waals surface area contributed by atoms with E-state index in [0.29, 0.717) is 12.2 Å². The summed E-state index contributed by atoms with van der Waals surface area (Å²) in [7, 11) is 0. The molecule has 0 aromatic heterocycles. The van der Waals surface area contributed by atoms with Gasteiger partial charge in [0.15, 0.2) is 11.5 Å². The Hall–Kier alpha value is -3.93. The van der Waals surface area contributed by atoms with Crippen molar-refractivity contribution >= 4 is 17.9 Å². The average molecular weight is 461 g/mol. The van der Waals surface area contributed by atoms with E-state index in [-0.39, 0.29) is 34.5 Å². The molecule has 0 amide bonds. The van der Waals surface area contributed by atoms with Crippen LogP contribution in [-0.2, 0) is 32.0 Å². The molecule has 0 saturated heterocycles. The van der Waals surface area contributed by atoms with Gasteiger partial charge in [0.2, 0.25) is 0 Å². The minimum absolute atomic E-state index is 0.116. The molecule has 1 aliphatic rings. The minimum Gasteiger partial charge on any atom is -0.462 e. The SMILES string of the molecule is C=C(C)C(=O)OCC1Cc2ccc(-c3ccc(OC(=O)C(=C)C)c(OC(=O)C(=C)C)c3)cc2C1. The molecular formula is C28H28O6. The van der Waals surface area contributed by atoms with Crippen LogP contribution in [-0.4, -0.2) is 24.5 Å². The van der Waals surface area contributed by atoms with Gasteiger partial charge in [0.25, 0.3) is 0 Å². The molecule has 0 fully saturated rings. The third-order valence-electron chi connectivity index (χ3n) is 5.40. The summed E-state index contributed by atoms with van der Waals surface area (Å²) in [6.45, 7) is 15.8. The fraction of sp³-hybridized carbons (Fsp3) is 0.250. The van der Waals surface area contributed by atoms with Crippen molar-refractivity contribution in [1.82, 2.24) is 0 Å². The van der Waals surface area contributed by atoms with Crippen LogP contribution in [0.4, 0.5) is 0 Å². The number of esters is 3. The lowest BCUT2D eigenvalue weighted by molar-refractivity contribution is -0.140. The molecule has 0 saturated carbocycles. The summed E-state index contributed by atoms with van der Waals surface area (Å²) >= 11 is 0. The molecule has 0 heterocycles. The zero-order valence-electron chi connectivity index (χ0n) is 19.7. The van der Waals surface area contributed by atoms with Crippen LogP contribution < -0.4 is 9.47 Å². The zero-order chi connectivity index (χ0) is 25.0. The number of fused-ring (bicyclic) bond motifs is 1. The molecule has 0 aliphatic heterocycles. The van der Waals surface area contributed by atoms with Gasteiger partial charge in [0.1, 0.15) is 0 Å². The Labute approximate surface area is 199 Å². The van der Waals surface area contributed by atoms with E-state index in [1.807, 2.05) is 6.07 Å². The van der Waals surface area contributed by atoms with Crippen LogP contribution >= 0.6 is 0 Å². The molecule has 0 N–H and O–H groups in total. The molecule has 1 atom stereocenters. The highest BCUT2D eigenvalue weighted by atomic mass is 16.6. The van der Waals surface area contributed by atoms with E-state index < -0.39 is 11.9 Å². The number of hydrogen-bond acceptors (Lipinski definition) is 6. The maximum Gasteiger partial charge on any atom is 0.338 e. The summed E-state index contributed by atoms with van der Waals surface area (Å²) in [5.74, 6) is -1.16. The van der Waals surface area contributed by atoms with Crippen molar-refractivity contribution in [3.8, 4) is 22.6 Å². The fourth-order valence-electron chi connectivity index (χ4n) is 3.55. The van der Waals surface area contributed by atoms with Crippen LogP contribution in [0.15, 0.2) is 72.9 Å². The highest BCUT2D eigenvalue weighted by Gasteiger charge is 2.24. The Balaban J connectivity index is 1.84. The third-order valence-corrected chi connectivity index (χ3v) is 5.40. The number of carbonyl (C=O) groups is 3. The van der Waals surface area contributed by atoms with Crippen molar-refractivity contribution in [3.63, 3.8) is 0 Å². The molecule has 0 spiro atoms. The molecule has 6 nitrogen and oxygen atoms in total. The highest BCUT2D eigenvalue weighted by molar-refractivity contribution is 5.91. The lowest BCUT2D eigenvalue weighted by Gasteiger charge is -2.13. The molecule has 176 valence electrons. The summed E-state index contributed by atoms with van der Waals surface area (Å²) in [6, 6.07) is 11.2. The van der Waals surface area contributed by atoms with E-state index in [2.05, 4.69) is 31.9 Å². The average Bonchev–Trinajstić information content (AvgIpc) is 3.20. The Bertz CT molecular complexity index is 1200. The van der Waals surface area contributed by atoms with Crippen LogP contribution in [0.5, 0.6) is 11.5 Å². The van der Waals surface area contributed by atoms with Crippen molar-refractivity contribution in [2.75, 3.05) is 6.61 Å².